The van der Waals surface area contributed by atoms with Crippen LogP contribution in [-0.4, -0.2) is 63.6 Å². The molecule has 36 heavy (non-hydrogen) atoms. The molecule has 11 nitrogen and oxygen atoms in total. The summed E-state index contributed by atoms with van der Waals surface area (Å²) >= 11 is 0. The number of imide groups is 1. The fraction of sp³-hybridized carbons (Fsp3) is 0.440. The summed E-state index contributed by atoms with van der Waals surface area (Å²) in [6, 6.07) is 8.15. The number of rotatable bonds is 4. The Morgan fingerprint density at radius 1 is 1.17 bits per heavy atom. The lowest BCUT2D eigenvalue weighted by Crippen LogP contribution is -2.46. The molecule has 2 fully saturated rings. The summed E-state index contributed by atoms with van der Waals surface area (Å²) in [5, 5.41) is 13.6. The number of aryl methyl sites for hydroxylation is 2. The zero-order valence-electron chi connectivity index (χ0n) is 20.4. The minimum absolute atomic E-state index is 0.0632. The summed E-state index contributed by atoms with van der Waals surface area (Å²) in [7, 11) is 1.52. The number of urea groups is 1. The first-order chi connectivity index (χ1) is 17.2. The summed E-state index contributed by atoms with van der Waals surface area (Å²) < 4.78 is 5.66. The number of nitrogens with one attached hydrogen (secondary N) is 2. The lowest BCUT2D eigenvalue weighted by atomic mass is 9.94. The number of hydrogen-bond donors (Lipinski definition) is 2. The van der Waals surface area contributed by atoms with Gasteiger partial charge in [0.1, 0.15) is 6.54 Å². The minimum atomic E-state index is -1.45. The molecular weight excluding hydrogens is 464 g/mol. The third kappa shape index (κ3) is 3.84. The third-order valence-corrected chi connectivity index (χ3v) is 7.25. The van der Waals surface area contributed by atoms with Crippen LogP contribution in [0.25, 0.3) is 0 Å². The van der Waals surface area contributed by atoms with Crippen molar-refractivity contribution in [3.8, 4) is 0 Å². The average Bonchev–Trinajstić information content (AvgIpc) is 3.49. The Morgan fingerprint density at radius 3 is 2.69 bits per heavy atom. The van der Waals surface area contributed by atoms with E-state index in [1.54, 1.807) is 23.1 Å². The van der Waals surface area contributed by atoms with Crippen LogP contribution in [0.3, 0.4) is 0 Å². The van der Waals surface area contributed by atoms with Crippen molar-refractivity contribution >= 4 is 29.6 Å². The highest BCUT2D eigenvalue weighted by atomic mass is 16.6. The molecule has 11 heteroatoms. The molecule has 3 aliphatic rings. The molecule has 1 spiro atoms. The Bertz CT molecular complexity index is 1250. The number of carbonyl (C=O) groups excluding carboxylic acids is 4. The van der Waals surface area contributed by atoms with Gasteiger partial charge in [-0.05, 0) is 62.9 Å². The molecule has 0 radical (unpaired) electrons. The summed E-state index contributed by atoms with van der Waals surface area (Å²) in [6.07, 6.45) is 1.47. The van der Waals surface area contributed by atoms with Crippen molar-refractivity contribution < 1.29 is 23.9 Å². The molecule has 0 saturated carbocycles. The molecule has 1 aromatic carbocycles. The Kier molecular flexibility index (Phi) is 5.85. The SMILES string of the molecule is CNC(=O)Nc1ccc2c(c1)CCC21OC(=O)N(CC(=O)N2C(C)CCC2c2ccc(C)nn2)C1=O. The predicted molar refractivity (Wildman–Crippen MR) is 128 cm³/mol. The highest BCUT2D eigenvalue weighted by Gasteiger charge is 2.58. The molecule has 2 saturated heterocycles. The van der Waals surface area contributed by atoms with Crippen LogP contribution in [-0.2, 0) is 26.3 Å². The molecule has 3 heterocycles. The van der Waals surface area contributed by atoms with Crippen LogP contribution in [0.2, 0.25) is 0 Å². The van der Waals surface area contributed by atoms with Gasteiger partial charge in [0.05, 0.1) is 17.4 Å². The van der Waals surface area contributed by atoms with Crippen LogP contribution in [0.1, 0.15) is 54.7 Å². The highest BCUT2D eigenvalue weighted by Crippen LogP contribution is 2.46. The van der Waals surface area contributed by atoms with Crippen LogP contribution in [0.15, 0.2) is 30.3 Å². The number of hydrogen-bond acceptors (Lipinski definition) is 7. The number of aromatic nitrogens is 2. The van der Waals surface area contributed by atoms with Crippen molar-refractivity contribution in [3.63, 3.8) is 0 Å². The first-order valence-corrected chi connectivity index (χ1v) is 12.0. The van der Waals surface area contributed by atoms with Gasteiger partial charge in [0.2, 0.25) is 11.5 Å². The van der Waals surface area contributed by atoms with Gasteiger partial charge < -0.3 is 20.3 Å². The zero-order valence-corrected chi connectivity index (χ0v) is 20.4. The highest BCUT2D eigenvalue weighted by molar-refractivity contribution is 6.06. The van der Waals surface area contributed by atoms with Crippen molar-refractivity contribution in [1.82, 2.24) is 25.3 Å². The van der Waals surface area contributed by atoms with E-state index in [2.05, 4.69) is 20.8 Å². The molecule has 3 atom stereocenters. The summed E-state index contributed by atoms with van der Waals surface area (Å²) in [4.78, 5) is 54.0. The van der Waals surface area contributed by atoms with Crippen molar-refractivity contribution in [2.75, 3.05) is 18.9 Å². The fourth-order valence-electron chi connectivity index (χ4n) is 5.42. The first kappa shape index (κ1) is 23.7. The van der Waals surface area contributed by atoms with Crippen LogP contribution < -0.4 is 10.6 Å². The minimum Gasteiger partial charge on any atom is -0.427 e. The van der Waals surface area contributed by atoms with Gasteiger partial charge in [0.15, 0.2) is 0 Å². The van der Waals surface area contributed by atoms with Crippen molar-refractivity contribution in [3.05, 3.63) is 52.8 Å². The van der Waals surface area contributed by atoms with Gasteiger partial charge in [-0.25, -0.2) is 14.5 Å². The summed E-state index contributed by atoms with van der Waals surface area (Å²) in [6.45, 7) is 3.39. The number of amides is 5. The van der Waals surface area contributed by atoms with Gasteiger partial charge in [-0.15, -0.1) is 0 Å². The molecule has 2 aromatic rings. The summed E-state index contributed by atoms with van der Waals surface area (Å²) in [5.41, 5.74) is 1.99. The molecule has 3 unspecified atom stereocenters. The van der Waals surface area contributed by atoms with E-state index >= 15 is 0 Å². The van der Waals surface area contributed by atoms with E-state index in [9.17, 15) is 19.2 Å². The van der Waals surface area contributed by atoms with E-state index in [1.807, 2.05) is 26.0 Å². The van der Waals surface area contributed by atoms with Crippen LogP contribution in [0.4, 0.5) is 15.3 Å². The monoisotopic (exact) mass is 492 g/mol. The molecule has 5 amide bonds. The Labute approximate surface area is 208 Å². The second-order valence-corrected chi connectivity index (χ2v) is 9.51. The van der Waals surface area contributed by atoms with Crippen LogP contribution in [0, 0.1) is 6.92 Å². The standard InChI is InChI=1S/C25H28N6O5/c1-14-4-8-19(29-28-14)20-9-5-15(2)31(20)21(32)13-30-22(33)25(36-24(30)35)11-10-16-12-17(6-7-18(16)25)27-23(34)26-3/h4,6-8,12,15,20H,5,9-11,13H2,1-3H3,(H2,26,27,34). The topological polar surface area (TPSA) is 134 Å². The number of nitrogens with zero attached hydrogens (tertiary/aromatic N) is 4. The van der Waals surface area contributed by atoms with E-state index in [-0.39, 0.29) is 30.4 Å². The van der Waals surface area contributed by atoms with E-state index in [0.29, 0.717) is 23.4 Å². The zero-order chi connectivity index (χ0) is 25.6. The van der Waals surface area contributed by atoms with Gasteiger partial charge in [0.25, 0.3) is 5.91 Å². The fourth-order valence-corrected chi connectivity index (χ4v) is 5.42. The quantitative estimate of drug-likeness (QED) is 0.669. The first-order valence-electron chi connectivity index (χ1n) is 12.0. The number of benzene rings is 1. The van der Waals surface area contributed by atoms with Crippen molar-refractivity contribution in [1.29, 1.82) is 0 Å². The molecular formula is C25H28N6O5. The lowest BCUT2D eigenvalue weighted by Gasteiger charge is -2.29. The maximum absolute atomic E-state index is 13.5. The number of fused-ring (bicyclic) bond motifs is 2. The van der Waals surface area contributed by atoms with E-state index in [0.717, 1.165) is 29.0 Å². The number of anilines is 1. The average molecular weight is 493 g/mol. The molecule has 1 aliphatic carbocycles. The largest absolute Gasteiger partial charge is 0.427 e. The molecule has 2 aliphatic heterocycles. The van der Waals surface area contributed by atoms with Gasteiger partial charge >= 0.3 is 12.1 Å². The normalized spacial score (nSPS) is 24.8. The van der Waals surface area contributed by atoms with E-state index < -0.39 is 24.1 Å². The van der Waals surface area contributed by atoms with Gasteiger partial charge in [-0.1, -0.05) is 6.07 Å². The molecule has 5 rings (SSSR count). The smallest absolute Gasteiger partial charge is 0.418 e. The van der Waals surface area contributed by atoms with Crippen LogP contribution in [0.5, 0.6) is 0 Å². The van der Waals surface area contributed by atoms with E-state index in [1.165, 1.54) is 7.05 Å². The Balaban J connectivity index is 1.35. The Hall–Kier alpha value is -4.02. The van der Waals surface area contributed by atoms with Crippen molar-refractivity contribution in [2.45, 2.75) is 57.2 Å². The molecule has 2 N–H and O–H groups in total. The molecule has 188 valence electrons. The van der Waals surface area contributed by atoms with Gasteiger partial charge in [0, 0.05) is 30.8 Å². The van der Waals surface area contributed by atoms with Gasteiger partial charge in [-0.3, -0.25) is 9.59 Å². The van der Waals surface area contributed by atoms with Gasteiger partial charge in [-0.2, -0.15) is 10.2 Å². The van der Waals surface area contributed by atoms with Crippen molar-refractivity contribution in [2.24, 2.45) is 0 Å². The maximum Gasteiger partial charge on any atom is 0.418 e. The summed E-state index contributed by atoms with van der Waals surface area (Å²) in [5.74, 6) is -0.872. The number of likely N-dealkylation sites (tertiary alicyclic amines) is 1. The third-order valence-electron chi connectivity index (χ3n) is 7.25. The Morgan fingerprint density at radius 2 is 1.97 bits per heavy atom. The number of ether oxygens (including phenoxy) is 1. The van der Waals surface area contributed by atoms with Crippen LogP contribution >= 0.6 is 0 Å². The maximum atomic E-state index is 13.5. The second kappa shape index (κ2) is 8.89. The molecule has 1 aromatic heterocycles. The lowest BCUT2D eigenvalue weighted by molar-refractivity contribution is -0.143. The predicted octanol–water partition coefficient (Wildman–Crippen LogP) is 2.41. The number of carbonyl (C=O) groups is 4. The molecule has 0 bridgehead atoms. The van der Waals surface area contributed by atoms with E-state index in [4.69, 9.17) is 4.74 Å². The second-order valence-electron chi connectivity index (χ2n) is 9.51.